The Morgan fingerprint density at radius 1 is 1.28 bits per heavy atom. The van der Waals surface area contributed by atoms with Gasteiger partial charge in [-0.1, -0.05) is 25.1 Å². The van der Waals surface area contributed by atoms with Crippen LogP contribution in [0.5, 0.6) is 0 Å². The molecular formula is C16H22N2. The highest BCUT2D eigenvalue weighted by Gasteiger charge is 2.07. The van der Waals surface area contributed by atoms with Gasteiger partial charge in [0.25, 0.3) is 0 Å². The van der Waals surface area contributed by atoms with Crippen LogP contribution in [-0.2, 0) is 6.42 Å². The molecule has 2 aromatic rings. The Labute approximate surface area is 109 Å². The number of fused-ring (bicyclic) bond motifs is 1. The molecule has 1 atom stereocenters. The molecule has 0 radical (unpaired) electrons. The maximum atomic E-state index is 4.59. The van der Waals surface area contributed by atoms with Crippen molar-refractivity contribution in [2.45, 2.75) is 39.7 Å². The van der Waals surface area contributed by atoms with E-state index in [1.165, 1.54) is 17.4 Å². The monoisotopic (exact) mass is 242 g/mol. The largest absolute Gasteiger partial charge is 0.314 e. The van der Waals surface area contributed by atoms with Crippen LogP contribution in [0.15, 0.2) is 30.3 Å². The van der Waals surface area contributed by atoms with Crippen molar-refractivity contribution >= 4 is 10.9 Å². The number of benzene rings is 1. The summed E-state index contributed by atoms with van der Waals surface area (Å²) in [5, 5.41) is 4.83. The lowest BCUT2D eigenvalue weighted by Crippen LogP contribution is -2.28. The lowest BCUT2D eigenvalue weighted by atomic mass is 10.0. The van der Waals surface area contributed by atoms with Crippen molar-refractivity contribution in [2.75, 3.05) is 6.54 Å². The Bertz CT molecular complexity index is 519. The molecule has 0 spiro atoms. The summed E-state index contributed by atoms with van der Waals surface area (Å²) in [7, 11) is 0. The fourth-order valence-corrected chi connectivity index (χ4v) is 2.36. The van der Waals surface area contributed by atoms with E-state index in [9.17, 15) is 0 Å². The number of nitrogens with one attached hydrogen (secondary N) is 1. The summed E-state index contributed by atoms with van der Waals surface area (Å²) in [4.78, 5) is 4.59. The molecular weight excluding hydrogens is 220 g/mol. The lowest BCUT2D eigenvalue weighted by Gasteiger charge is -2.15. The fourth-order valence-electron chi connectivity index (χ4n) is 2.36. The molecule has 1 unspecified atom stereocenters. The first-order valence-corrected chi connectivity index (χ1v) is 6.79. The highest BCUT2D eigenvalue weighted by molar-refractivity contribution is 5.82. The molecule has 2 nitrogen and oxygen atoms in total. The quantitative estimate of drug-likeness (QED) is 0.868. The predicted molar refractivity (Wildman–Crippen MR) is 77.9 cm³/mol. The zero-order chi connectivity index (χ0) is 13.0. The number of para-hydroxylation sites is 1. The van der Waals surface area contributed by atoms with Gasteiger partial charge in [0.1, 0.15) is 0 Å². The summed E-state index contributed by atoms with van der Waals surface area (Å²) < 4.78 is 0. The van der Waals surface area contributed by atoms with Gasteiger partial charge in [0, 0.05) is 17.1 Å². The van der Waals surface area contributed by atoms with E-state index in [4.69, 9.17) is 0 Å². The average molecular weight is 242 g/mol. The van der Waals surface area contributed by atoms with Gasteiger partial charge in [0.15, 0.2) is 0 Å². The second-order valence-corrected chi connectivity index (χ2v) is 5.00. The van der Waals surface area contributed by atoms with E-state index in [-0.39, 0.29) is 0 Å². The fraction of sp³-hybridized carbons (Fsp3) is 0.438. The van der Waals surface area contributed by atoms with Crippen LogP contribution in [0.2, 0.25) is 0 Å². The molecule has 2 heteroatoms. The van der Waals surface area contributed by atoms with Gasteiger partial charge in [-0.25, -0.2) is 0 Å². The molecule has 1 N–H and O–H groups in total. The van der Waals surface area contributed by atoms with E-state index in [1.54, 1.807) is 0 Å². The second-order valence-electron chi connectivity index (χ2n) is 5.00. The van der Waals surface area contributed by atoms with Crippen molar-refractivity contribution < 1.29 is 0 Å². The van der Waals surface area contributed by atoms with Crippen LogP contribution in [0.1, 0.15) is 31.5 Å². The Balaban J connectivity index is 2.26. The van der Waals surface area contributed by atoms with Crippen molar-refractivity contribution in [1.82, 2.24) is 10.3 Å². The van der Waals surface area contributed by atoms with Crippen molar-refractivity contribution in [3.8, 4) is 0 Å². The molecule has 1 aromatic carbocycles. The highest BCUT2D eigenvalue weighted by Crippen LogP contribution is 2.19. The maximum Gasteiger partial charge on any atom is 0.0707 e. The zero-order valence-electron chi connectivity index (χ0n) is 11.5. The number of nitrogens with zero attached hydrogens (tertiary/aromatic N) is 1. The van der Waals surface area contributed by atoms with E-state index in [0.717, 1.165) is 24.2 Å². The average Bonchev–Trinajstić information content (AvgIpc) is 2.36. The molecule has 0 bridgehead atoms. The first-order chi connectivity index (χ1) is 8.70. The van der Waals surface area contributed by atoms with E-state index in [2.05, 4.69) is 61.4 Å². The molecule has 0 aliphatic carbocycles. The Morgan fingerprint density at radius 3 is 2.83 bits per heavy atom. The molecule has 0 aliphatic rings. The molecule has 1 heterocycles. The molecule has 0 saturated heterocycles. The van der Waals surface area contributed by atoms with Crippen molar-refractivity contribution in [2.24, 2.45) is 0 Å². The smallest absolute Gasteiger partial charge is 0.0707 e. The third-order valence-corrected chi connectivity index (χ3v) is 3.20. The van der Waals surface area contributed by atoms with Gasteiger partial charge in [-0.2, -0.15) is 0 Å². The van der Waals surface area contributed by atoms with E-state index in [0.29, 0.717) is 6.04 Å². The molecule has 0 aliphatic heterocycles. The molecule has 1 aromatic heterocycles. The number of pyridine rings is 1. The molecule has 0 amide bonds. The van der Waals surface area contributed by atoms with E-state index in [1.807, 2.05) is 0 Å². The van der Waals surface area contributed by atoms with Crippen LogP contribution in [0.4, 0.5) is 0 Å². The number of aryl methyl sites for hydroxylation is 1. The number of aromatic nitrogens is 1. The summed E-state index contributed by atoms with van der Waals surface area (Å²) in [6.45, 7) is 7.61. The number of hydrogen-bond acceptors (Lipinski definition) is 2. The zero-order valence-corrected chi connectivity index (χ0v) is 11.5. The number of rotatable bonds is 5. The Hall–Kier alpha value is -1.41. The summed E-state index contributed by atoms with van der Waals surface area (Å²) in [5.41, 5.74) is 3.61. The summed E-state index contributed by atoms with van der Waals surface area (Å²) in [6.07, 6.45) is 2.24. The Kier molecular flexibility index (Phi) is 4.32. The summed E-state index contributed by atoms with van der Waals surface area (Å²) in [6, 6.07) is 11.1. The molecule has 2 rings (SSSR count). The van der Waals surface area contributed by atoms with E-state index >= 15 is 0 Å². The summed E-state index contributed by atoms with van der Waals surface area (Å²) >= 11 is 0. The Morgan fingerprint density at radius 2 is 2.06 bits per heavy atom. The van der Waals surface area contributed by atoms with Crippen LogP contribution in [0.3, 0.4) is 0 Å². The van der Waals surface area contributed by atoms with Gasteiger partial charge in [-0.15, -0.1) is 0 Å². The minimum atomic E-state index is 0.509. The van der Waals surface area contributed by atoms with Crippen molar-refractivity contribution in [3.63, 3.8) is 0 Å². The molecule has 18 heavy (non-hydrogen) atoms. The molecule has 96 valence electrons. The van der Waals surface area contributed by atoms with Gasteiger partial charge in [0.2, 0.25) is 0 Å². The predicted octanol–water partition coefficient (Wildman–Crippen LogP) is 3.47. The SMILES string of the molecule is CCCNC(C)Cc1cc(C)nc2ccccc12. The minimum Gasteiger partial charge on any atom is -0.314 e. The van der Waals surface area contributed by atoms with Crippen molar-refractivity contribution in [3.05, 3.63) is 41.6 Å². The second kappa shape index (κ2) is 5.96. The van der Waals surface area contributed by atoms with Gasteiger partial charge in [0.05, 0.1) is 5.52 Å². The van der Waals surface area contributed by atoms with Crippen molar-refractivity contribution in [1.29, 1.82) is 0 Å². The van der Waals surface area contributed by atoms with Crippen LogP contribution in [0.25, 0.3) is 10.9 Å². The van der Waals surface area contributed by atoms with Crippen LogP contribution in [-0.4, -0.2) is 17.6 Å². The minimum absolute atomic E-state index is 0.509. The lowest BCUT2D eigenvalue weighted by molar-refractivity contribution is 0.544. The normalized spacial score (nSPS) is 12.8. The number of hydrogen-bond donors (Lipinski definition) is 1. The van der Waals surface area contributed by atoms with E-state index < -0.39 is 0 Å². The van der Waals surface area contributed by atoms with Crippen LogP contribution >= 0.6 is 0 Å². The topological polar surface area (TPSA) is 24.9 Å². The van der Waals surface area contributed by atoms with Crippen LogP contribution in [0, 0.1) is 6.92 Å². The van der Waals surface area contributed by atoms with Gasteiger partial charge >= 0.3 is 0 Å². The van der Waals surface area contributed by atoms with Crippen LogP contribution < -0.4 is 5.32 Å². The third-order valence-electron chi connectivity index (χ3n) is 3.20. The molecule has 0 saturated carbocycles. The maximum absolute atomic E-state index is 4.59. The van der Waals surface area contributed by atoms with Gasteiger partial charge in [-0.3, -0.25) is 4.98 Å². The standard InChI is InChI=1S/C16H22N2/c1-4-9-17-12(2)10-14-11-13(3)18-16-8-6-5-7-15(14)16/h5-8,11-12,17H,4,9-10H2,1-3H3. The first kappa shape index (κ1) is 13.0. The molecule has 0 fully saturated rings. The highest BCUT2D eigenvalue weighted by atomic mass is 14.9. The van der Waals surface area contributed by atoms with Gasteiger partial charge < -0.3 is 5.32 Å². The summed E-state index contributed by atoms with van der Waals surface area (Å²) in [5.74, 6) is 0. The first-order valence-electron chi connectivity index (χ1n) is 6.79. The third kappa shape index (κ3) is 3.08. The van der Waals surface area contributed by atoms with Gasteiger partial charge in [-0.05, 0) is 50.9 Å².